The van der Waals surface area contributed by atoms with Gasteiger partial charge in [-0.15, -0.1) is 0 Å². The molecule has 2 aromatic carbocycles. The van der Waals surface area contributed by atoms with Gasteiger partial charge >= 0.3 is 5.97 Å². The van der Waals surface area contributed by atoms with Crippen LogP contribution in [0.4, 0.5) is 0 Å². The summed E-state index contributed by atoms with van der Waals surface area (Å²) < 4.78 is 1.00. The summed E-state index contributed by atoms with van der Waals surface area (Å²) >= 11 is 3.40. The van der Waals surface area contributed by atoms with E-state index in [0.29, 0.717) is 0 Å². The average molecular weight is 319 g/mol. The standard InChI is InChI=1S/C16H15BrO2/c17-15-8-6-13(7-9-15)14(11-16(18)19)10-12-4-2-1-3-5-12/h1-9,14H,10-11H2,(H,18,19). The second kappa shape index (κ2) is 6.53. The van der Waals surface area contributed by atoms with Crippen molar-refractivity contribution in [3.8, 4) is 0 Å². The van der Waals surface area contributed by atoms with Crippen LogP contribution in [0.25, 0.3) is 0 Å². The molecule has 2 nitrogen and oxygen atoms in total. The van der Waals surface area contributed by atoms with Gasteiger partial charge < -0.3 is 5.11 Å². The van der Waals surface area contributed by atoms with E-state index in [9.17, 15) is 4.79 Å². The summed E-state index contributed by atoms with van der Waals surface area (Å²) in [4.78, 5) is 11.0. The third-order valence-electron chi connectivity index (χ3n) is 3.09. The van der Waals surface area contributed by atoms with Gasteiger partial charge in [-0.25, -0.2) is 0 Å². The van der Waals surface area contributed by atoms with Crippen molar-refractivity contribution in [2.75, 3.05) is 0 Å². The van der Waals surface area contributed by atoms with E-state index in [1.807, 2.05) is 54.6 Å². The van der Waals surface area contributed by atoms with Crippen LogP contribution < -0.4 is 0 Å². The third kappa shape index (κ3) is 4.21. The zero-order chi connectivity index (χ0) is 13.7. The minimum atomic E-state index is -0.760. The summed E-state index contributed by atoms with van der Waals surface area (Å²) in [7, 11) is 0. The van der Waals surface area contributed by atoms with Gasteiger partial charge in [0.2, 0.25) is 0 Å². The maximum Gasteiger partial charge on any atom is 0.303 e. The summed E-state index contributed by atoms with van der Waals surface area (Å²) in [6, 6.07) is 17.9. The maximum absolute atomic E-state index is 11.0. The molecule has 0 spiro atoms. The fraction of sp³-hybridized carbons (Fsp3) is 0.188. The van der Waals surface area contributed by atoms with Crippen molar-refractivity contribution in [2.45, 2.75) is 18.8 Å². The molecule has 0 aliphatic carbocycles. The highest BCUT2D eigenvalue weighted by Crippen LogP contribution is 2.25. The van der Waals surface area contributed by atoms with Crippen LogP contribution in [0.1, 0.15) is 23.5 Å². The van der Waals surface area contributed by atoms with Gasteiger partial charge in [-0.3, -0.25) is 4.79 Å². The number of hydrogen-bond donors (Lipinski definition) is 1. The van der Waals surface area contributed by atoms with E-state index >= 15 is 0 Å². The zero-order valence-electron chi connectivity index (χ0n) is 10.4. The molecule has 0 saturated heterocycles. The predicted molar refractivity (Wildman–Crippen MR) is 79.3 cm³/mol. The lowest BCUT2D eigenvalue weighted by atomic mass is 9.89. The Morgan fingerprint density at radius 3 is 2.26 bits per heavy atom. The second-order valence-corrected chi connectivity index (χ2v) is 5.45. The molecule has 2 aromatic rings. The van der Waals surface area contributed by atoms with Gasteiger partial charge in [0, 0.05) is 4.47 Å². The minimum Gasteiger partial charge on any atom is -0.481 e. The Kier molecular flexibility index (Phi) is 4.74. The number of carbonyl (C=O) groups is 1. The Balaban J connectivity index is 2.20. The van der Waals surface area contributed by atoms with Crippen LogP contribution in [-0.2, 0) is 11.2 Å². The second-order valence-electron chi connectivity index (χ2n) is 4.54. The monoisotopic (exact) mass is 318 g/mol. The Bertz CT molecular complexity index is 534. The smallest absolute Gasteiger partial charge is 0.303 e. The van der Waals surface area contributed by atoms with E-state index < -0.39 is 5.97 Å². The van der Waals surface area contributed by atoms with Gasteiger partial charge in [0.1, 0.15) is 0 Å². The van der Waals surface area contributed by atoms with Crippen molar-refractivity contribution < 1.29 is 9.90 Å². The summed E-state index contributed by atoms with van der Waals surface area (Å²) in [5.74, 6) is -0.753. The molecule has 1 N–H and O–H groups in total. The van der Waals surface area contributed by atoms with Crippen molar-refractivity contribution >= 4 is 21.9 Å². The fourth-order valence-corrected chi connectivity index (χ4v) is 2.42. The van der Waals surface area contributed by atoms with Crippen LogP contribution in [0.3, 0.4) is 0 Å². The number of halogens is 1. The summed E-state index contributed by atoms with van der Waals surface area (Å²) in [6.45, 7) is 0. The van der Waals surface area contributed by atoms with Crippen LogP contribution in [0.2, 0.25) is 0 Å². The molecule has 0 aromatic heterocycles. The molecule has 0 radical (unpaired) electrons. The molecule has 3 heteroatoms. The number of hydrogen-bond acceptors (Lipinski definition) is 1. The predicted octanol–water partition coefficient (Wildman–Crippen LogP) is 4.25. The third-order valence-corrected chi connectivity index (χ3v) is 3.62. The van der Waals surface area contributed by atoms with Crippen LogP contribution in [0.5, 0.6) is 0 Å². The van der Waals surface area contributed by atoms with E-state index in [0.717, 1.165) is 22.0 Å². The van der Waals surface area contributed by atoms with E-state index in [1.165, 1.54) is 0 Å². The number of aliphatic carboxylic acids is 1. The Morgan fingerprint density at radius 2 is 1.68 bits per heavy atom. The molecule has 0 heterocycles. The first-order valence-electron chi connectivity index (χ1n) is 6.16. The zero-order valence-corrected chi connectivity index (χ0v) is 12.0. The first kappa shape index (κ1) is 13.8. The first-order chi connectivity index (χ1) is 9.15. The van der Waals surface area contributed by atoms with Gasteiger partial charge in [0.15, 0.2) is 0 Å². The molecule has 0 aliphatic rings. The molecule has 19 heavy (non-hydrogen) atoms. The van der Waals surface area contributed by atoms with Crippen molar-refractivity contribution in [1.82, 2.24) is 0 Å². The summed E-state index contributed by atoms with van der Waals surface area (Å²) in [5.41, 5.74) is 2.23. The van der Waals surface area contributed by atoms with E-state index in [4.69, 9.17) is 5.11 Å². The Morgan fingerprint density at radius 1 is 1.05 bits per heavy atom. The molecule has 2 rings (SSSR count). The summed E-state index contributed by atoms with van der Waals surface area (Å²) in [6.07, 6.45) is 0.894. The molecule has 0 saturated carbocycles. The number of carboxylic acid groups (broad SMARTS) is 1. The lowest BCUT2D eigenvalue weighted by Crippen LogP contribution is -2.09. The van der Waals surface area contributed by atoms with Crippen molar-refractivity contribution in [3.63, 3.8) is 0 Å². The largest absolute Gasteiger partial charge is 0.481 e. The molecule has 0 aliphatic heterocycles. The molecule has 1 atom stereocenters. The fourth-order valence-electron chi connectivity index (χ4n) is 2.15. The average Bonchev–Trinajstić information content (AvgIpc) is 2.39. The highest BCUT2D eigenvalue weighted by molar-refractivity contribution is 9.10. The molecular formula is C16H15BrO2. The molecule has 0 amide bonds. The van der Waals surface area contributed by atoms with Crippen LogP contribution in [0, 0.1) is 0 Å². The van der Waals surface area contributed by atoms with Crippen molar-refractivity contribution in [1.29, 1.82) is 0 Å². The van der Waals surface area contributed by atoms with Gasteiger partial charge in [0.05, 0.1) is 6.42 Å². The van der Waals surface area contributed by atoms with Crippen LogP contribution >= 0.6 is 15.9 Å². The highest BCUT2D eigenvalue weighted by atomic mass is 79.9. The van der Waals surface area contributed by atoms with Crippen molar-refractivity contribution in [2.24, 2.45) is 0 Å². The quantitative estimate of drug-likeness (QED) is 0.894. The van der Waals surface area contributed by atoms with Crippen molar-refractivity contribution in [3.05, 3.63) is 70.2 Å². The van der Waals surface area contributed by atoms with E-state index in [-0.39, 0.29) is 12.3 Å². The van der Waals surface area contributed by atoms with E-state index in [1.54, 1.807) is 0 Å². The van der Waals surface area contributed by atoms with Crippen LogP contribution in [0.15, 0.2) is 59.1 Å². The SMILES string of the molecule is O=C(O)CC(Cc1ccccc1)c1ccc(Br)cc1. The Labute approximate surface area is 121 Å². The van der Waals surface area contributed by atoms with Gasteiger partial charge in [0.25, 0.3) is 0 Å². The molecule has 98 valence electrons. The number of rotatable bonds is 5. The van der Waals surface area contributed by atoms with Gasteiger partial charge in [-0.2, -0.15) is 0 Å². The normalized spacial score (nSPS) is 12.1. The van der Waals surface area contributed by atoms with Crippen LogP contribution in [-0.4, -0.2) is 11.1 Å². The Hall–Kier alpha value is -1.61. The van der Waals surface area contributed by atoms with Gasteiger partial charge in [-0.1, -0.05) is 58.4 Å². The highest BCUT2D eigenvalue weighted by Gasteiger charge is 2.16. The first-order valence-corrected chi connectivity index (χ1v) is 6.95. The lowest BCUT2D eigenvalue weighted by molar-refractivity contribution is -0.137. The molecule has 0 bridgehead atoms. The number of carboxylic acids is 1. The van der Waals surface area contributed by atoms with Gasteiger partial charge in [-0.05, 0) is 35.6 Å². The molecule has 1 unspecified atom stereocenters. The minimum absolute atomic E-state index is 0.00741. The molecular weight excluding hydrogens is 304 g/mol. The van der Waals surface area contributed by atoms with E-state index in [2.05, 4.69) is 15.9 Å². The number of benzene rings is 2. The summed E-state index contributed by atoms with van der Waals surface area (Å²) in [5, 5.41) is 9.07. The molecule has 0 fully saturated rings. The topological polar surface area (TPSA) is 37.3 Å². The lowest BCUT2D eigenvalue weighted by Gasteiger charge is -2.15. The maximum atomic E-state index is 11.0.